The molecule has 1 unspecified atom stereocenters. The van der Waals surface area contributed by atoms with Gasteiger partial charge in [0.15, 0.2) is 16.7 Å². The van der Waals surface area contributed by atoms with Crippen LogP contribution in [-0.4, -0.2) is 103 Å². The van der Waals surface area contributed by atoms with Gasteiger partial charge in [0, 0.05) is 33.9 Å². The molecule has 2 aliphatic carbocycles. The molecule has 59 heavy (non-hydrogen) atoms. The lowest BCUT2D eigenvalue weighted by atomic mass is 9.85. The van der Waals surface area contributed by atoms with Crippen LogP contribution in [-0.2, 0) is 24.4 Å². The molecule has 3 fully saturated rings. The molecule has 0 bridgehead atoms. The molecule has 4 heterocycles. The number of nitrogens with zero attached hydrogens (tertiary/aromatic N) is 3. The van der Waals surface area contributed by atoms with Gasteiger partial charge in [0.25, 0.3) is 5.91 Å². The number of methoxy groups -OCH3 is 1. The highest BCUT2D eigenvalue weighted by molar-refractivity contribution is 8.14. The summed E-state index contributed by atoms with van der Waals surface area (Å²) >= 11 is 7.89. The van der Waals surface area contributed by atoms with Gasteiger partial charge in [-0.15, -0.1) is 6.58 Å². The second kappa shape index (κ2) is 15.7. The number of rotatable bonds is 12. The Morgan fingerprint density at radius 3 is 2.56 bits per heavy atom. The van der Waals surface area contributed by atoms with Gasteiger partial charge in [-0.2, -0.15) is 0 Å². The van der Waals surface area contributed by atoms with Crippen LogP contribution in [0.15, 0.2) is 60.2 Å². The number of aliphatic imine (C=N–C) groups is 1. The molecule has 1 saturated heterocycles. The molecule has 6 atom stereocenters. The molecule has 5 aliphatic rings. The van der Waals surface area contributed by atoms with Crippen LogP contribution in [0.3, 0.4) is 0 Å². The third-order valence-electron chi connectivity index (χ3n) is 11.4. The van der Waals surface area contributed by atoms with Crippen molar-refractivity contribution in [1.29, 1.82) is 0 Å². The maximum absolute atomic E-state index is 15.0. The molecule has 1 aromatic heterocycles. The van der Waals surface area contributed by atoms with Crippen molar-refractivity contribution in [2.24, 2.45) is 16.3 Å². The lowest BCUT2D eigenvalue weighted by Gasteiger charge is -2.36. The van der Waals surface area contributed by atoms with E-state index in [2.05, 4.69) is 26.9 Å². The summed E-state index contributed by atoms with van der Waals surface area (Å²) < 4.78 is 51.3. The summed E-state index contributed by atoms with van der Waals surface area (Å²) in [4.78, 5) is 54.0. The Kier molecular flexibility index (Phi) is 10.9. The fourth-order valence-electron chi connectivity index (χ4n) is 7.80. The summed E-state index contributed by atoms with van der Waals surface area (Å²) in [6, 6.07) is 8.88. The second-order valence-electron chi connectivity index (χ2n) is 16.6. The first-order chi connectivity index (χ1) is 28.1. The predicted molar refractivity (Wildman–Crippen MR) is 224 cm³/mol. The van der Waals surface area contributed by atoms with Gasteiger partial charge in [-0.25, -0.2) is 13.4 Å². The van der Waals surface area contributed by atoms with E-state index in [1.807, 2.05) is 39.0 Å². The molecule has 18 heteroatoms. The Morgan fingerprint density at radius 2 is 1.86 bits per heavy atom. The zero-order chi connectivity index (χ0) is 41.9. The van der Waals surface area contributed by atoms with E-state index in [0.29, 0.717) is 70.0 Å². The van der Waals surface area contributed by atoms with Crippen molar-refractivity contribution in [2.45, 2.75) is 81.5 Å². The molecule has 0 radical (unpaired) electrons. The van der Waals surface area contributed by atoms with Crippen molar-refractivity contribution in [3.05, 3.63) is 65.8 Å². The van der Waals surface area contributed by atoms with Crippen molar-refractivity contribution in [2.75, 3.05) is 32.6 Å². The fourth-order valence-corrected chi connectivity index (χ4v) is 10.3. The highest BCUT2D eigenvalue weighted by Crippen LogP contribution is 2.46. The Morgan fingerprint density at radius 1 is 1.10 bits per heavy atom. The molecule has 8 rings (SSSR count). The first kappa shape index (κ1) is 41.0. The molecule has 3 amide bonds. The van der Waals surface area contributed by atoms with E-state index in [1.165, 1.54) is 36.0 Å². The monoisotopic (exact) mass is 866 g/mol. The standard InChI is InChI=1S/C41H47ClN6O9S2/c1-6-23-18-41(23,38(51)47-59(52,53)26-9-10-26)46-35(49)30-17-25(57-36-28-16-24(42)8-11-27(28)33(54-5)19-43-36)20-48(30)37(50)34(40(2,3)4)45-39-44-29(21-58-39)22-7-12-31-32(15-22)56-14-13-55-31/h6-8,11-12,15-16,19,23,25-26,29-30,34H,1,9-10,13-14,17-18,20-21H2,2-5H3,(H,44,45)(H,46,49)(H,47,51)/t23-,25-,29?,30+,34-,41-/m1/s1. The quantitative estimate of drug-likeness (QED) is 0.216. The number of fused-ring (bicyclic) bond motifs is 2. The molecule has 0 spiro atoms. The number of aromatic nitrogens is 1. The third-order valence-corrected chi connectivity index (χ3v) is 14.4. The Bertz CT molecular complexity index is 2350. The van der Waals surface area contributed by atoms with E-state index < -0.39 is 62.1 Å². The van der Waals surface area contributed by atoms with Crippen molar-refractivity contribution in [3.63, 3.8) is 0 Å². The zero-order valence-electron chi connectivity index (χ0n) is 33.2. The van der Waals surface area contributed by atoms with Crippen LogP contribution < -0.4 is 34.3 Å². The van der Waals surface area contributed by atoms with E-state index in [0.717, 1.165) is 5.56 Å². The van der Waals surface area contributed by atoms with Crippen LogP contribution in [0.5, 0.6) is 23.1 Å². The number of pyridine rings is 1. The van der Waals surface area contributed by atoms with Crippen LogP contribution in [0.2, 0.25) is 5.02 Å². The van der Waals surface area contributed by atoms with E-state index in [1.54, 1.807) is 18.2 Å². The summed E-state index contributed by atoms with van der Waals surface area (Å²) in [5, 5.41) is 7.95. The van der Waals surface area contributed by atoms with Gasteiger partial charge in [-0.05, 0) is 60.6 Å². The number of sulfonamides is 1. The van der Waals surface area contributed by atoms with Gasteiger partial charge in [0.05, 0.1) is 31.1 Å². The van der Waals surface area contributed by atoms with Crippen LogP contribution in [0.4, 0.5) is 0 Å². The number of benzene rings is 2. The molecule has 314 valence electrons. The topological polar surface area (TPSA) is 187 Å². The number of thioether (sulfide) groups is 1. The highest BCUT2D eigenvalue weighted by Gasteiger charge is 2.62. The average Bonchev–Trinajstić information content (AvgIpc) is 4.10. The Balaban J connectivity index is 1.07. The number of likely N-dealkylation sites (tertiary alicyclic amines) is 1. The molecule has 15 nitrogen and oxygen atoms in total. The summed E-state index contributed by atoms with van der Waals surface area (Å²) in [5.41, 5.74) is -1.25. The molecule has 2 aromatic carbocycles. The summed E-state index contributed by atoms with van der Waals surface area (Å²) in [5.74, 6) is 0.411. The Hall–Kier alpha value is -4.74. The van der Waals surface area contributed by atoms with Gasteiger partial charge in [-0.3, -0.25) is 24.1 Å². The first-order valence-corrected chi connectivity index (χ1v) is 22.5. The number of carbonyl (C=O) groups is 3. The summed E-state index contributed by atoms with van der Waals surface area (Å²) in [6.45, 7) is 10.6. The van der Waals surface area contributed by atoms with E-state index >= 15 is 0 Å². The van der Waals surface area contributed by atoms with Crippen LogP contribution in [0.1, 0.15) is 58.1 Å². The fraction of sp³-hybridized carbons (Fsp3) is 0.488. The average molecular weight is 867 g/mol. The van der Waals surface area contributed by atoms with Crippen LogP contribution in [0.25, 0.3) is 10.8 Å². The van der Waals surface area contributed by atoms with E-state index in [9.17, 15) is 22.8 Å². The number of amidine groups is 1. The molecular weight excluding hydrogens is 820 g/mol. The van der Waals surface area contributed by atoms with Crippen molar-refractivity contribution < 1.29 is 41.7 Å². The minimum atomic E-state index is -3.90. The predicted octanol–water partition coefficient (Wildman–Crippen LogP) is 4.53. The van der Waals surface area contributed by atoms with Crippen LogP contribution in [0, 0.1) is 11.3 Å². The number of halogens is 1. The maximum atomic E-state index is 15.0. The maximum Gasteiger partial charge on any atom is 0.259 e. The summed E-state index contributed by atoms with van der Waals surface area (Å²) in [6.07, 6.45) is 3.47. The summed E-state index contributed by atoms with van der Waals surface area (Å²) in [7, 11) is -2.37. The van der Waals surface area contributed by atoms with Crippen molar-refractivity contribution in [1.82, 2.24) is 25.2 Å². The van der Waals surface area contributed by atoms with Gasteiger partial charge >= 0.3 is 0 Å². The second-order valence-corrected chi connectivity index (χ2v) is 20.0. The van der Waals surface area contributed by atoms with E-state index in [4.69, 9.17) is 35.5 Å². The number of amides is 3. The Labute approximate surface area is 352 Å². The van der Waals surface area contributed by atoms with Gasteiger partial charge in [0.1, 0.15) is 42.7 Å². The number of ether oxygens (including phenoxy) is 4. The smallest absolute Gasteiger partial charge is 0.259 e. The SMILES string of the molecule is C=C[C@@H]1C[C@]1(NC(=O)[C@@H]1C[C@@H](Oc2ncc(OC)c3ccc(Cl)cc23)CN1C(=O)[C@@H](NC1=NC(c2ccc3c(c2)OCCO3)CS1)C(C)(C)C)C(=O)NS(=O)(=O)C1CC1. The molecule has 3 aromatic rings. The number of carbonyl (C=O) groups excluding carboxylic acids is 3. The molecular formula is C41H47ClN6O9S2. The lowest BCUT2D eigenvalue weighted by molar-refractivity contribution is -0.142. The minimum absolute atomic E-state index is 0.000527. The third kappa shape index (κ3) is 8.25. The van der Waals surface area contributed by atoms with Crippen molar-refractivity contribution >= 4 is 67.0 Å². The van der Waals surface area contributed by atoms with Gasteiger partial charge in [0.2, 0.25) is 27.7 Å². The van der Waals surface area contributed by atoms with Crippen molar-refractivity contribution in [3.8, 4) is 23.1 Å². The molecule has 3 N–H and O–H groups in total. The lowest BCUT2D eigenvalue weighted by Crippen LogP contribution is -2.60. The van der Waals surface area contributed by atoms with Gasteiger partial charge in [-0.1, -0.05) is 56.3 Å². The van der Waals surface area contributed by atoms with Gasteiger partial charge < -0.3 is 34.5 Å². The van der Waals surface area contributed by atoms with Crippen LogP contribution >= 0.6 is 23.4 Å². The number of nitrogens with one attached hydrogen (secondary N) is 3. The number of hydrogen-bond donors (Lipinski definition) is 3. The number of hydrogen-bond acceptors (Lipinski definition) is 13. The zero-order valence-corrected chi connectivity index (χ0v) is 35.5. The normalized spacial score (nSPS) is 25.4. The molecule has 3 aliphatic heterocycles. The minimum Gasteiger partial charge on any atom is -0.494 e. The highest BCUT2D eigenvalue weighted by atomic mass is 35.5. The van der Waals surface area contributed by atoms with E-state index in [-0.39, 0.29) is 37.2 Å². The first-order valence-electron chi connectivity index (χ1n) is 19.6. The molecule has 2 saturated carbocycles. The largest absolute Gasteiger partial charge is 0.494 e.